The van der Waals surface area contributed by atoms with Gasteiger partial charge in [0.2, 0.25) is 0 Å². The third-order valence-electron chi connectivity index (χ3n) is 7.02. The normalized spacial score (nSPS) is 20.5. The topological polar surface area (TPSA) is 54.0 Å². The van der Waals surface area contributed by atoms with E-state index in [9.17, 15) is 4.57 Å². The first-order chi connectivity index (χ1) is 17.4. The van der Waals surface area contributed by atoms with Crippen molar-refractivity contribution in [2.45, 2.75) is 97.5 Å². The van der Waals surface area contributed by atoms with Crippen LogP contribution in [0.3, 0.4) is 0 Å². The lowest BCUT2D eigenvalue weighted by Crippen LogP contribution is -2.67. The fraction of sp³-hybridized carbons (Fsp3) is 0.600. The van der Waals surface area contributed by atoms with Gasteiger partial charge in [0.15, 0.2) is 0 Å². The van der Waals surface area contributed by atoms with Crippen molar-refractivity contribution in [1.29, 1.82) is 0 Å². The molecule has 0 saturated heterocycles. The van der Waals surface area contributed by atoms with Crippen LogP contribution in [0, 0.1) is 5.92 Å². The molecule has 1 aliphatic carbocycles. The molecule has 0 N–H and O–H groups in total. The molecule has 1 fully saturated rings. The van der Waals surface area contributed by atoms with Gasteiger partial charge in [-0.25, -0.2) is 0 Å². The summed E-state index contributed by atoms with van der Waals surface area (Å²) in [6.07, 6.45) is 2.50. The molecule has 2 aromatic carbocycles. The number of ether oxygens (including phenoxy) is 1. The lowest BCUT2D eigenvalue weighted by Gasteiger charge is -2.44. The summed E-state index contributed by atoms with van der Waals surface area (Å²) in [6, 6.07) is 21.3. The maximum Gasteiger partial charge on any atom is 0.356 e. The van der Waals surface area contributed by atoms with Crippen molar-refractivity contribution < 1.29 is 22.8 Å². The van der Waals surface area contributed by atoms with E-state index in [0.29, 0.717) is 12.5 Å². The molecule has 5 nitrogen and oxygen atoms in total. The summed E-state index contributed by atoms with van der Waals surface area (Å²) >= 11 is 0. The van der Waals surface area contributed by atoms with Crippen LogP contribution < -0.4 is 10.4 Å². The molecule has 0 spiro atoms. The van der Waals surface area contributed by atoms with E-state index in [0.717, 1.165) is 19.3 Å². The van der Waals surface area contributed by atoms with Gasteiger partial charge in [-0.1, -0.05) is 94.8 Å². The zero-order chi connectivity index (χ0) is 27.3. The highest BCUT2D eigenvalue weighted by Crippen LogP contribution is 2.57. The van der Waals surface area contributed by atoms with Crippen molar-refractivity contribution in [3.63, 3.8) is 0 Å². The molecule has 0 aromatic heterocycles. The molecule has 1 aliphatic rings. The minimum Gasteiger partial charge on any atom is -0.404 e. The highest BCUT2D eigenvalue weighted by atomic mass is 31.2. The van der Waals surface area contributed by atoms with Gasteiger partial charge >= 0.3 is 7.60 Å². The number of hydrogen-bond donors (Lipinski definition) is 0. The average Bonchev–Trinajstić information content (AvgIpc) is 3.50. The summed E-state index contributed by atoms with van der Waals surface area (Å²) in [5.41, 5.74) is -0.487. The Bertz CT molecular complexity index is 968. The van der Waals surface area contributed by atoms with E-state index in [1.165, 1.54) is 10.4 Å². The van der Waals surface area contributed by atoms with Crippen LogP contribution in [0.5, 0.6) is 0 Å². The summed E-state index contributed by atoms with van der Waals surface area (Å²) in [6.45, 7) is 17.0. The number of benzene rings is 2. The first kappa shape index (κ1) is 30.3. The fourth-order valence-corrected chi connectivity index (χ4v) is 11.9. The Morgan fingerprint density at radius 1 is 0.919 bits per heavy atom. The zero-order valence-corrected chi connectivity index (χ0v) is 25.9. The Balaban J connectivity index is 1.95. The lowest BCUT2D eigenvalue weighted by molar-refractivity contribution is -0.00548. The van der Waals surface area contributed by atoms with Gasteiger partial charge in [0.25, 0.3) is 8.32 Å². The van der Waals surface area contributed by atoms with Gasteiger partial charge < -0.3 is 18.2 Å². The van der Waals surface area contributed by atoms with E-state index in [2.05, 4.69) is 88.4 Å². The van der Waals surface area contributed by atoms with E-state index in [1.54, 1.807) is 0 Å². The lowest BCUT2D eigenvalue weighted by atomic mass is 10.2. The second kappa shape index (κ2) is 12.3. The second-order valence-electron chi connectivity index (χ2n) is 11.9. The van der Waals surface area contributed by atoms with Crippen molar-refractivity contribution >= 4 is 26.3 Å². The molecule has 0 aliphatic heterocycles. The van der Waals surface area contributed by atoms with Crippen molar-refractivity contribution in [3.05, 3.63) is 60.7 Å². The molecule has 37 heavy (non-hydrogen) atoms. The Labute approximate surface area is 225 Å². The first-order valence-corrected chi connectivity index (χ1v) is 17.4. The molecule has 0 heterocycles. The predicted molar refractivity (Wildman–Crippen MR) is 155 cm³/mol. The van der Waals surface area contributed by atoms with E-state index in [4.69, 9.17) is 18.2 Å². The van der Waals surface area contributed by atoms with Crippen LogP contribution in [-0.4, -0.2) is 39.1 Å². The van der Waals surface area contributed by atoms with Gasteiger partial charge in [-0.15, -0.1) is 0 Å². The van der Waals surface area contributed by atoms with Crippen molar-refractivity contribution in [2.24, 2.45) is 5.92 Å². The predicted octanol–water partition coefficient (Wildman–Crippen LogP) is 7.14. The molecule has 206 valence electrons. The first-order valence-electron chi connectivity index (χ1n) is 13.7. The van der Waals surface area contributed by atoms with Gasteiger partial charge in [0.05, 0.1) is 24.4 Å². The van der Waals surface area contributed by atoms with Gasteiger partial charge in [-0.3, -0.25) is 4.57 Å². The molecule has 0 bridgehead atoms. The summed E-state index contributed by atoms with van der Waals surface area (Å²) in [7, 11) is -6.12. The molecule has 0 radical (unpaired) electrons. The Morgan fingerprint density at radius 2 is 1.41 bits per heavy atom. The third-order valence-corrected chi connectivity index (χ3v) is 13.9. The van der Waals surface area contributed by atoms with Crippen LogP contribution in [0.2, 0.25) is 5.04 Å². The Morgan fingerprint density at radius 3 is 1.81 bits per heavy atom. The van der Waals surface area contributed by atoms with Gasteiger partial charge in [-0.2, -0.15) is 0 Å². The van der Waals surface area contributed by atoms with Crippen molar-refractivity contribution in [3.8, 4) is 0 Å². The van der Waals surface area contributed by atoms with E-state index >= 15 is 0 Å². The number of hydrogen-bond acceptors (Lipinski definition) is 5. The maximum atomic E-state index is 13.6. The molecule has 2 atom stereocenters. The quantitative estimate of drug-likeness (QED) is 0.186. The zero-order valence-electron chi connectivity index (χ0n) is 24.0. The van der Waals surface area contributed by atoms with E-state index in [-0.39, 0.29) is 23.6 Å². The molecule has 0 amide bonds. The summed E-state index contributed by atoms with van der Waals surface area (Å²) in [4.78, 5) is 0. The summed E-state index contributed by atoms with van der Waals surface area (Å²) < 4.78 is 38.9. The van der Waals surface area contributed by atoms with Crippen LogP contribution >= 0.6 is 7.60 Å². The molecule has 2 aromatic rings. The summed E-state index contributed by atoms with van der Waals surface area (Å²) in [5, 5.41) is 2.37. The third kappa shape index (κ3) is 7.23. The Kier molecular flexibility index (Phi) is 10.0. The molecular weight excluding hydrogens is 499 g/mol. The van der Waals surface area contributed by atoms with Crippen LogP contribution in [0.1, 0.15) is 74.7 Å². The summed E-state index contributed by atoms with van der Waals surface area (Å²) in [5.74, 6) is 0.363. The van der Waals surface area contributed by atoms with E-state index in [1.807, 2.05) is 27.7 Å². The maximum absolute atomic E-state index is 13.6. The Hall–Kier alpha value is -1.27. The SMILES string of the molecule is CCCC1CC1(CO[Si](c1ccccc1)(c1ccccc1)C(C)(C)C)OCP(=O)(OC(C)C)OC(C)C. The van der Waals surface area contributed by atoms with Crippen LogP contribution in [0.25, 0.3) is 0 Å². The minimum absolute atomic E-state index is 0.0618. The largest absolute Gasteiger partial charge is 0.404 e. The van der Waals surface area contributed by atoms with Crippen LogP contribution in [-0.2, 0) is 22.8 Å². The molecule has 2 unspecified atom stereocenters. The standard InChI is InChI=1S/C30H47O5PSi/c1-9-16-26-21-30(26,32-23-36(31,34-24(2)3)35-25(4)5)22-33-37(29(6,7)8,27-17-12-10-13-18-27)28-19-14-11-15-20-28/h10-15,17-20,24-26H,9,16,21-23H2,1-8H3. The van der Waals surface area contributed by atoms with Crippen molar-refractivity contribution in [1.82, 2.24) is 0 Å². The van der Waals surface area contributed by atoms with Gasteiger partial charge in [0.1, 0.15) is 6.35 Å². The highest BCUT2D eigenvalue weighted by molar-refractivity contribution is 7.53. The van der Waals surface area contributed by atoms with Gasteiger partial charge in [0, 0.05) is 0 Å². The average molecular weight is 547 g/mol. The number of rotatable bonds is 14. The minimum atomic E-state index is -3.41. The molecule has 3 rings (SSSR count). The van der Waals surface area contributed by atoms with Crippen LogP contribution in [0.15, 0.2) is 60.7 Å². The highest BCUT2D eigenvalue weighted by Gasteiger charge is 2.59. The van der Waals surface area contributed by atoms with Crippen molar-refractivity contribution in [2.75, 3.05) is 13.0 Å². The van der Waals surface area contributed by atoms with E-state index < -0.39 is 21.5 Å². The van der Waals surface area contributed by atoms with Gasteiger partial charge in [-0.05, 0) is 61.9 Å². The van der Waals surface area contributed by atoms with Crippen LogP contribution in [0.4, 0.5) is 0 Å². The molecular formula is C30H47O5PSi. The molecule has 1 saturated carbocycles. The smallest absolute Gasteiger partial charge is 0.356 e. The second-order valence-corrected chi connectivity index (χ2v) is 18.1. The monoisotopic (exact) mass is 546 g/mol. The molecule has 7 heteroatoms. The fourth-order valence-electron chi connectivity index (χ4n) is 5.39.